The Morgan fingerprint density at radius 1 is 0.915 bits per heavy atom. The maximum Gasteiger partial charge on any atom is 0.408 e. The van der Waals surface area contributed by atoms with E-state index < -0.39 is 112 Å². The molecule has 0 radical (unpaired) electrons. The predicted octanol–water partition coefficient (Wildman–Crippen LogP) is 3.83. The van der Waals surface area contributed by atoms with Gasteiger partial charge < -0.3 is 44.0 Å². The minimum absolute atomic E-state index is 0.0790. The number of esters is 4. The van der Waals surface area contributed by atoms with Gasteiger partial charge in [-0.2, -0.15) is 0 Å². The molecule has 12 atom stereocenters. The first-order valence-corrected chi connectivity index (χ1v) is 19.9. The molecular weight excluding hydrogens is 766 g/mol. The SMILES string of the molecule is CC(=O)O[C@H]1C(=O)[C@]23C[C@H]2C[C@H]2OC[C@@]2(OC(C)=O)C3[C@@]2(OC(=O)c3ccccc3)[C@]3(O)C[C@H](OC(=O)[C@H](O)[C@@H](NC(=O)OC(C)(C)C)c4ccccc4)C(C)=C1[C@@]32C. The highest BCUT2D eigenvalue weighted by Gasteiger charge is 3.01. The topological polar surface area (TPSA) is 210 Å². The number of aliphatic hydroxyl groups excluding tert-OH is 1. The number of alkyl carbamates (subject to hydrolysis) is 1. The number of hydrogen-bond acceptors (Lipinski definition) is 14. The van der Waals surface area contributed by atoms with Gasteiger partial charge in [-0.3, -0.25) is 14.4 Å². The summed E-state index contributed by atoms with van der Waals surface area (Å²) in [5.41, 5.74) is -8.88. The van der Waals surface area contributed by atoms with Gasteiger partial charge >= 0.3 is 30.0 Å². The molecule has 0 aromatic heterocycles. The van der Waals surface area contributed by atoms with Gasteiger partial charge in [0.2, 0.25) is 0 Å². The Balaban J connectivity index is 1.26. The first-order chi connectivity index (χ1) is 27.7. The van der Waals surface area contributed by atoms with Crippen LogP contribution in [0.15, 0.2) is 71.8 Å². The zero-order valence-electron chi connectivity index (χ0n) is 33.9. The molecule has 314 valence electrons. The van der Waals surface area contributed by atoms with Gasteiger partial charge in [0.1, 0.15) is 23.4 Å². The molecule has 2 aromatic carbocycles. The summed E-state index contributed by atoms with van der Waals surface area (Å²) in [6, 6.07) is 15.0. The van der Waals surface area contributed by atoms with Crippen molar-refractivity contribution in [3.63, 3.8) is 0 Å². The van der Waals surface area contributed by atoms with Crippen LogP contribution in [0.25, 0.3) is 0 Å². The van der Waals surface area contributed by atoms with E-state index in [1.54, 1.807) is 83.1 Å². The van der Waals surface area contributed by atoms with E-state index in [1.165, 1.54) is 19.1 Å². The average Bonchev–Trinajstić information content (AvgIpc) is 3.99. The lowest BCUT2D eigenvalue weighted by Gasteiger charge is -2.59. The minimum atomic E-state index is -2.14. The Bertz CT molecular complexity index is 2170. The average molecular weight is 816 g/mol. The van der Waals surface area contributed by atoms with Crippen LogP contribution in [0.2, 0.25) is 0 Å². The number of Topliss-reactive ketones (excluding diaryl/α,β-unsaturated/α-hetero) is 1. The Morgan fingerprint density at radius 2 is 1.56 bits per heavy atom. The molecule has 4 saturated carbocycles. The number of carbonyl (C=O) groups excluding carboxylic acids is 6. The molecular formula is C44H49NO14. The van der Waals surface area contributed by atoms with E-state index in [4.69, 9.17) is 28.4 Å². The molecule has 1 heterocycles. The van der Waals surface area contributed by atoms with Crippen molar-refractivity contribution in [3.8, 4) is 0 Å². The zero-order chi connectivity index (χ0) is 42.7. The van der Waals surface area contributed by atoms with Crippen LogP contribution in [-0.2, 0) is 47.6 Å². The number of carbonyl (C=O) groups is 6. The number of fused-ring (bicyclic) bond motifs is 4. The molecule has 1 unspecified atom stereocenters. The normalized spacial score (nSPS) is 36.9. The largest absolute Gasteiger partial charge is 0.456 e. The van der Waals surface area contributed by atoms with Crippen molar-refractivity contribution in [1.29, 1.82) is 0 Å². The van der Waals surface area contributed by atoms with Crippen LogP contribution in [0.5, 0.6) is 0 Å². The van der Waals surface area contributed by atoms with Crippen molar-refractivity contribution in [1.82, 2.24) is 5.32 Å². The van der Waals surface area contributed by atoms with Crippen LogP contribution in [0.3, 0.4) is 0 Å². The molecule has 15 heteroatoms. The van der Waals surface area contributed by atoms with E-state index in [-0.39, 0.29) is 35.7 Å². The van der Waals surface area contributed by atoms with Crippen molar-refractivity contribution in [2.75, 3.05) is 6.61 Å². The molecule has 1 amide bonds. The standard InChI is InChI=1S/C44H49NO14/c1-22-28(56-36(51)32(48)31(25-14-10-8-11-15-25)45-38(52)59-39(4,5)6)20-43(53)40(7)30(22)33(55-23(2)46)34(49)41-19-27(41)18-29-42(21-54-29,57-24(3)47)37(41)44(40,43)58-35(50)26-16-12-9-13-17-26/h8-17,27-29,31-33,37,48,53H,18-21H2,1-7H3,(H,45,52)/t27-,28+,29-,31+,32-,33-,37?,40+,41+,42+,43+,44+/m1/s1. The maximum absolute atomic E-state index is 15.3. The van der Waals surface area contributed by atoms with Crippen molar-refractivity contribution in [2.45, 2.75) is 121 Å². The van der Waals surface area contributed by atoms with Crippen LogP contribution in [0, 0.1) is 22.7 Å². The van der Waals surface area contributed by atoms with Gasteiger partial charge in [-0.1, -0.05) is 48.5 Å². The van der Waals surface area contributed by atoms with E-state index in [1.807, 2.05) is 0 Å². The molecule has 8 rings (SSSR count). The Kier molecular flexibility index (Phi) is 9.26. The fourth-order valence-electron chi connectivity index (χ4n) is 11.3. The van der Waals surface area contributed by atoms with Crippen molar-refractivity contribution >= 4 is 35.8 Å². The van der Waals surface area contributed by atoms with Crippen LogP contribution >= 0.6 is 0 Å². The highest BCUT2D eigenvalue weighted by molar-refractivity contribution is 6.00. The van der Waals surface area contributed by atoms with E-state index in [0.29, 0.717) is 12.0 Å². The smallest absolute Gasteiger partial charge is 0.408 e. The molecule has 59 heavy (non-hydrogen) atoms. The number of rotatable bonds is 9. The van der Waals surface area contributed by atoms with Gasteiger partial charge in [-0.15, -0.1) is 0 Å². The number of benzene rings is 2. The Hall–Kier alpha value is -5.12. The number of nitrogens with one attached hydrogen (secondary N) is 1. The van der Waals surface area contributed by atoms with Gasteiger partial charge in [0.25, 0.3) is 0 Å². The minimum Gasteiger partial charge on any atom is -0.456 e. The maximum atomic E-state index is 15.3. The van der Waals surface area contributed by atoms with Gasteiger partial charge in [0.15, 0.2) is 29.2 Å². The second-order valence-corrected chi connectivity index (χ2v) is 18.0. The number of ether oxygens (including phenoxy) is 6. The summed E-state index contributed by atoms with van der Waals surface area (Å²) in [4.78, 5) is 82.7. The first kappa shape index (κ1) is 40.7. The molecule has 3 N–H and O–H groups in total. The van der Waals surface area contributed by atoms with Crippen molar-refractivity contribution in [3.05, 3.63) is 82.9 Å². The van der Waals surface area contributed by atoms with E-state index in [0.717, 1.165) is 6.92 Å². The third-order valence-corrected chi connectivity index (χ3v) is 13.7. The summed E-state index contributed by atoms with van der Waals surface area (Å²) in [5.74, 6) is -5.58. The second-order valence-electron chi connectivity index (χ2n) is 18.0. The summed E-state index contributed by atoms with van der Waals surface area (Å²) in [6.07, 6.45) is -6.47. The molecule has 1 spiro atoms. The van der Waals surface area contributed by atoms with Crippen molar-refractivity contribution in [2.24, 2.45) is 22.7 Å². The lowest BCUT2D eigenvalue weighted by molar-refractivity contribution is -0.313. The van der Waals surface area contributed by atoms with Gasteiger partial charge in [-0.05, 0) is 82.2 Å². The monoisotopic (exact) mass is 815 g/mol. The number of hydrogen-bond donors (Lipinski definition) is 3. The number of ketones is 1. The van der Waals surface area contributed by atoms with Gasteiger partial charge in [0, 0.05) is 25.7 Å². The van der Waals surface area contributed by atoms with E-state index >= 15 is 4.79 Å². The summed E-state index contributed by atoms with van der Waals surface area (Å²) in [6.45, 7) is 10.4. The summed E-state index contributed by atoms with van der Waals surface area (Å²) >= 11 is 0. The van der Waals surface area contributed by atoms with Crippen LogP contribution in [0.1, 0.15) is 89.7 Å². The number of aliphatic hydroxyl groups is 2. The Morgan fingerprint density at radius 3 is 2.14 bits per heavy atom. The molecule has 0 bridgehead atoms. The van der Waals surface area contributed by atoms with Crippen LogP contribution in [0.4, 0.5) is 4.79 Å². The van der Waals surface area contributed by atoms with Crippen molar-refractivity contribution < 1.29 is 67.4 Å². The molecule has 15 nitrogen and oxygen atoms in total. The molecule has 5 fully saturated rings. The fraction of sp³-hybridized carbons (Fsp3) is 0.545. The highest BCUT2D eigenvalue weighted by Crippen LogP contribution is 2.88. The van der Waals surface area contributed by atoms with Crippen LogP contribution in [-0.4, -0.2) is 99.4 Å². The van der Waals surface area contributed by atoms with Gasteiger partial charge in [0.05, 0.1) is 29.5 Å². The van der Waals surface area contributed by atoms with Crippen LogP contribution < -0.4 is 5.32 Å². The van der Waals surface area contributed by atoms with E-state index in [2.05, 4.69) is 5.32 Å². The third-order valence-electron chi connectivity index (χ3n) is 13.7. The number of amides is 1. The molecule has 5 aliphatic carbocycles. The summed E-state index contributed by atoms with van der Waals surface area (Å²) in [5, 5.41) is 27.6. The van der Waals surface area contributed by atoms with Gasteiger partial charge in [-0.25, -0.2) is 14.4 Å². The summed E-state index contributed by atoms with van der Waals surface area (Å²) in [7, 11) is 0. The fourth-order valence-corrected chi connectivity index (χ4v) is 11.3. The lowest BCUT2D eigenvalue weighted by Crippen LogP contribution is -2.74. The third kappa shape index (κ3) is 5.71. The highest BCUT2D eigenvalue weighted by atomic mass is 16.6. The lowest BCUT2D eigenvalue weighted by atomic mass is 9.58. The quantitative estimate of drug-likeness (QED) is 0.187. The molecule has 2 aromatic rings. The molecule has 1 aliphatic heterocycles. The Labute approximate surface area is 340 Å². The van der Waals surface area contributed by atoms with E-state index in [9.17, 15) is 34.2 Å². The second kappa shape index (κ2) is 13.4. The molecule has 1 saturated heterocycles. The molecule has 6 aliphatic rings. The predicted molar refractivity (Wildman–Crippen MR) is 203 cm³/mol. The summed E-state index contributed by atoms with van der Waals surface area (Å²) < 4.78 is 36.3. The first-order valence-electron chi connectivity index (χ1n) is 19.9. The zero-order valence-corrected chi connectivity index (χ0v) is 33.9.